The summed E-state index contributed by atoms with van der Waals surface area (Å²) >= 11 is 0. The summed E-state index contributed by atoms with van der Waals surface area (Å²) in [6.45, 7) is 9.96. The molecular weight excluding hydrogens is 260 g/mol. The van der Waals surface area contributed by atoms with Crippen molar-refractivity contribution in [3.63, 3.8) is 0 Å². The van der Waals surface area contributed by atoms with Crippen molar-refractivity contribution in [2.45, 2.75) is 33.7 Å². The molecule has 2 rings (SSSR count). The SMILES string of the molecule is Cc1ccc2cc(CNCCCOCC(C)C)ccc2n1. The fourth-order valence-electron chi connectivity index (χ4n) is 2.24. The zero-order valence-electron chi connectivity index (χ0n) is 13.4. The van der Waals surface area contributed by atoms with E-state index in [9.17, 15) is 0 Å². The summed E-state index contributed by atoms with van der Waals surface area (Å²) in [7, 11) is 0. The molecule has 0 bridgehead atoms. The van der Waals surface area contributed by atoms with Crippen LogP contribution in [0.1, 0.15) is 31.5 Å². The van der Waals surface area contributed by atoms with Crippen molar-refractivity contribution in [1.82, 2.24) is 10.3 Å². The van der Waals surface area contributed by atoms with Crippen molar-refractivity contribution in [3.05, 3.63) is 41.6 Å². The van der Waals surface area contributed by atoms with E-state index in [0.717, 1.165) is 43.9 Å². The molecule has 1 aromatic heterocycles. The van der Waals surface area contributed by atoms with Crippen LogP contribution in [0.25, 0.3) is 10.9 Å². The Morgan fingerprint density at radius 1 is 1.19 bits per heavy atom. The van der Waals surface area contributed by atoms with E-state index >= 15 is 0 Å². The number of benzene rings is 1. The normalized spacial score (nSPS) is 11.4. The van der Waals surface area contributed by atoms with Crippen molar-refractivity contribution < 1.29 is 4.74 Å². The molecule has 1 heterocycles. The maximum Gasteiger partial charge on any atom is 0.0705 e. The van der Waals surface area contributed by atoms with Gasteiger partial charge in [-0.05, 0) is 49.6 Å². The third-order valence-corrected chi connectivity index (χ3v) is 3.32. The minimum absolute atomic E-state index is 0.618. The van der Waals surface area contributed by atoms with Crippen molar-refractivity contribution >= 4 is 10.9 Å². The van der Waals surface area contributed by atoms with E-state index in [-0.39, 0.29) is 0 Å². The number of nitrogens with one attached hydrogen (secondary N) is 1. The lowest BCUT2D eigenvalue weighted by molar-refractivity contribution is 0.108. The van der Waals surface area contributed by atoms with Gasteiger partial charge in [0.05, 0.1) is 5.52 Å². The van der Waals surface area contributed by atoms with Crippen molar-refractivity contribution in [2.24, 2.45) is 5.92 Å². The molecule has 0 unspecified atom stereocenters. The zero-order chi connectivity index (χ0) is 15.1. The molecule has 21 heavy (non-hydrogen) atoms. The molecule has 0 aliphatic carbocycles. The number of aryl methyl sites for hydroxylation is 1. The second-order valence-corrected chi connectivity index (χ2v) is 5.98. The van der Waals surface area contributed by atoms with Crippen LogP contribution >= 0.6 is 0 Å². The number of nitrogens with zero attached hydrogens (tertiary/aromatic N) is 1. The fraction of sp³-hybridized carbons (Fsp3) is 0.500. The molecule has 1 aromatic carbocycles. The van der Waals surface area contributed by atoms with E-state index in [1.807, 2.05) is 6.92 Å². The van der Waals surface area contributed by atoms with Crippen LogP contribution in [0.15, 0.2) is 30.3 Å². The monoisotopic (exact) mass is 286 g/mol. The molecule has 0 fully saturated rings. The van der Waals surface area contributed by atoms with Gasteiger partial charge in [-0.3, -0.25) is 4.98 Å². The van der Waals surface area contributed by atoms with Gasteiger partial charge in [0.2, 0.25) is 0 Å². The number of rotatable bonds is 8. The standard InChI is InChI=1S/C18H26N2O/c1-14(2)13-21-10-4-9-19-12-16-6-8-18-17(11-16)7-5-15(3)20-18/h5-8,11,14,19H,4,9-10,12-13H2,1-3H3. The lowest BCUT2D eigenvalue weighted by Crippen LogP contribution is -2.17. The summed E-state index contributed by atoms with van der Waals surface area (Å²) in [5.41, 5.74) is 3.44. The van der Waals surface area contributed by atoms with Gasteiger partial charge in [-0.15, -0.1) is 0 Å². The second-order valence-electron chi connectivity index (χ2n) is 5.98. The third kappa shape index (κ3) is 5.44. The summed E-state index contributed by atoms with van der Waals surface area (Å²) in [5.74, 6) is 0.618. The highest BCUT2D eigenvalue weighted by Crippen LogP contribution is 2.14. The Kier molecular flexibility index (Phi) is 6.15. The topological polar surface area (TPSA) is 34.1 Å². The molecule has 3 nitrogen and oxygen atoms in total. The van der Waals surface area contributed by atoms with Crippen molar-refractivity contribution in [3.8, 4) is 0 Å². The van der Waals surface area contributed by atoms with Crippen LogP contribution in [0.4, 0.5) is 0 Å². The molecular formula is C18H26N2O. The Bertz CT molecular complexity index is 566. The largest absolute Gasteiger partial charge is 0.381 e. The Morgan fingerprint density at radius 3 is 2.86 bits per heavy atom. The first kappa shape index (κ1) is 15.9. The number of hydrogen-bond donors (Lipinski definition) is 1. The maximum absolute atomic E-state index is 5.57. The maximum atomic E-state index is 5.57. The van der Waals surface area contributed by atoms with Crippen LogP contribution in [-0.4, -0.2) is 24.7 Å². The summed E-state index contributed by atoms with van der Waals surface area (Å²) in [5, 5.41) is 4.67. The zero-order valence-corrected chi connectivity index (χ0v) is 13.4. The Hall–Kier alpha value is -1.45. The van der Waals surface area contributed by atoms with E-state index < -0.39 is 0 Å². The average Bonchev–Trinajstić information content (AvgIpc) is 2.46. The van der Waals surface area contributed by atoms with Crippen LogP contribution in [0.5, 0.6) is 0 Å². The van der Waals surface area contributed by atoms with E-state index in [0.29, 0.717) is 5.92 Å². The van der Waals surface area contributed by atoms with E-state index in [2.05, 4.69) is 54.5 Å². The molecule has 3 heteroatoms. The van der Waals surface area contributed by atoms with Crippen LogP contribution in [0.2, 0.25) is 0 Å². The minimum Gasteiger partial charge on any atom is -0.381 e. The van der Waals surface area contributed by atoms with Gasteiger partial charge in [-0.2, -0.15) is 0 Å². The molecule has 0 radical (unpaired) electrons. The first-order valence-corrected chi connectivity index (χ1v) is 7.80. The summed E-state index contributed by atoms with van der Waals surface area (Å²) in [4.78, 5) is 4.52. The van der Waals surface area contributed by atoms with E-state index in [1.165, 1.54) is 10.9 Å². The van der Waals surface area contributed by atoms with Gasteiger partial charge in [0.25, 0.3) is 0 Å². The van der Waals surface area contributed by atoms with Crippen LogP contribution < -0.4 is 5.32 Å². The second kappa shape index (κ2) is 8.11. The van der Waals surface area contributed by atoms with Crippen molar-refractivity contribution in [2.75, 3.05) is 19.8 Å². The predicted octanol–water partition coefficient (Wildman–Crippen LogP) is 3.70. The fourth-order valence-corrected chi connectivity index (χ4v) is 2.24. The van der Waals surface area contributed by atoms with Gasteiger partial charge in [0, 0.05) is 30.8 Å². The number of ether oxygens (including phenoxy) is 1. The Morgan fingerprint density at radius 2 is 2.05 bits per heavy atom. The summed E-state index contributed by atoms with van der Waals surface area (Å²) in [6.07, 6.45) is 1.06. The highest BCUT2D eigenvalue weighted by Gasteiger charge is 1.99. The van der Waals surface area contributed by atoms with E-state index in [4.69, 9.17) is 4.74 Å². The number of hydrogen-bond acceptors (Lipinski definition) is 3. The number of aromatic nitrogens is 1. The highest BCUT2D eigenvalue weighted by molar-refractivity contribution is 5.79. The lowest BCUT2D eigenvalue weighted by Gasteiger charge is -2.08. The molecule has 0 saturated carbocycles. The van der Waals surface area contributed by atoms with Gasteiger partial charge in [0.1, 0.15) is 0 Å². The first-order valence-electron chi connectivity index (χ1n) is 7.80. The third-order valence-electron chi connectivity index (χ3n) is 3.32. The predicted molar refractivity (Wildman–Crippen MR) is 88.5 cm³/mol. The average molecular weight is 286 g/mol. The molecule has 0 aliphatic rings. The molecule has 114 valence electrons. The molecule has 0 aliphatic heterocycles. The van der Waals surface area contributed by atoms with Gasteiger partial charge in [0.15, 0.2) is 0 Å². The molecule has 1 N–H and O–H groups in total. The minimum atomic E-state index is 0.618. The van der Waals surface area contributed by atoms with Crippen LogP contribution in [-0.2, 0) is 11.3 Å². The first-order chi connectivity index (χ1) is 10.1. The smallest absolute Gasteiger partial charge is 0.0705 e. The lowest BCUT2D eigenvalue weighted by atomic mass is 10.1. The van der Waals surface area contributed by atoms with E-state index in [1.54, 1.807) is 0 Å². The molecule has 0 spiro atoms. The highest BCUT2D eigenvalue weighted by atomic mass is 16.5. The number of pyridine rings is 1. The van der Waals surface area contributed by atoms with Crippen molar-refractivity contribution in [1.29, 1.82) is 0 Å². The summed E-state index contributed by atoms with van der Waals surface area (Å²) < 4.78 is 5.57. The Balaban J connectivity index is 1.72. The molecule has 0 saturated heterocycles. The molecule has 0 amide bonds. The van der Waals surface area contributed by atoms with Crippen LogP contribution in [0, 0.1) is 12.8 Å². The quantitative estimate of drug-likeness (QED) is 0.751. The number of fused-ring (bicyclic) bond motifs is 1. The van der Waals surface area contributed by atoms with Gasteiger partial charge in [-0.1, -0.05) is 26.0 Å². The Labute approximate surface area is 127 Å². The molecule has 0 atom stereocenters. The molecule has 2 aromatic rings. The summed E-state index contributed by atoms with van der Waals surface area (Å²) in [6, 6.07) is 10.7. The van der Waals surface area contributed by atoms with Gasteiger partial charge in [-0.25, -0.2) is 0 Å². The van der Waals surface area contributed by atoms with Gasteiger partial charge >= 0.3 is 0 Å². The van der Waals surface area contributed by atoms with Crippen LogP contribution in [0.3, 0.4) is 0 Å². The van der Waals surface area contributed by atoms with Gasteiger partial charge < -0.3 is 10.1 Å².